The van der Waals surface area contributed by atoms with E-state index in [1.54, 1.807) is 11.8 Å². The van der Waals surface area contributed by atoms with Crippen LogP contribution in [0.5, 0.6) is 0 Å². The lowest BCUT2D eigenvalue weighted by atomic mass is 9.80. The predicted octanol–water partition coefficient (Wildman–Crippen LogP) is 6.45. The molecule has 3 aromatic rings. The lowest BCUT2D eigenvalue weighted by molar-refractivity contribution is 0.0954. The number of benzene rings is 3. The largest absolute Gasteiger partial charge is 0.271 e. The van der Waals surface area contributed by atoms with Crippen molar-refractivity contribution in [3.63, 3.8) is 0 Å². The Bertz CT molecular complexity index is 981. The number of rotatable bonds is 8. The zero-order valence-corrected chi connectivity index (χ0v) is 18.6. The smallest absolute Gasteiger partial charge is 0.267 e. The molecule has 0 saturated heterocycles. The Labute approximate surface area is 183 Å². The van der Waals surface area contributed by atoms with Crippen LogP contribution in [0.15, 0.2) is 94.9 Å². The van der Waals surface area contributed by atoms with Gasteiger partial charge in [0.05, 0.1) is 0 Å². The van der Waals surface area contributed by atoms with Gasteiger partial charge < -0.3 is 0 Å². The van der Waals surface area contributed by atoms with Crippen molar-refractivity contribution in [2.45, 2.75) is 43.3 Å². The molecule has 3 rings (SSSR count). The van der Waals surface area contributed by atoms with Gasteiger partial charge in [0.15, 0.2) is 0 Å². The first kappa shape index (κ1) is 21.8. The van der Waals surface area contributed by atoms with Crippen LogP contribution in [0.3, 0.4) is 0 Å². The molecule has 0 aliphatic heterocycles. The molecule has 0 bridgehead atoms. The number of hydrazone groups is 1. The topological polar surface area (TPSA) is 41.5 Å². The number of nitrogens with zero attached hydrogens (tertiary/aromatic N) is 1. The number of nitrogens with one attached hydrogen (secondary N) is 1. The van der Waals surface area contributed by atoms with Crippen LogP contribution in [0.1, 0.15) is 48.7 Å². The maximum atomic E-state index is 12.5. The SMILES string of the molecule is CC(CC(C)(C)c1ccccc1)=NNC(=O)c1ccc(CSc2ccccc2)cc1. The van der Waals surface area contributed by atoms with Gasteiger partial charge in [-0.25, -0.2) is 5.43 Å². The second kappa shape index (κ2) is 10.3. The highest BCUT2D eigenvalue weighted by atomic mass is 32.2. The summed E-state index contributed by atoms with van der Waals surface area (Å²) in [5, 5.41) is 4.32. The van der Waals surface area contributed by atoms with Crippen molar-refractivity contribution in [3.8, 4) is 0 Å². The first-order valence-corrected chi connectivity index (χ1v) is 11.1. The Morgan fingerprint density at radius 2 is 1.50 bits per heavy atom. The molecule has 4 heteroatoms. The number of carbonyl (C=O) groups excluding carboxylic acids is 1. The van der Waals surface area contributed by atoms with Crippen LogP contribution in [0, 0.1) is 0 Å². The third-order valence-corrected chi connectivity index (χ3v) is 6.05. The Morgan fingerprint density at radius 1 is 0.900 bits per heavy atom. The van der Waals surface area contributed by atoms with Gasteiger partial charge in [-0.05, 0) is 54.2 Å². The molecule has 1 N–H and O–H groups in total. The molecule has 0 aliphatic carbocycles. The summed E-state index contributed by atoms with van der Waals surface area (Å²) in [5.41, 5.74) is 6.60. The highest BCUT2D eigenvalue weighted by molar-refractivity contribution is 7.98. The van der Waals surface area contributed by atoms with Crippen LogP contribution >= 0.6 is 11.8 Å². The van der Waals surface area contributed by atoms with Crippen molar-refractivity contribution in [2.24, 2.45) is 5.10 Å². The van der Waals surface area contributed by atoms with Crippen LogP contribution in [0.2, 0.25) is 0 Å². The molecule has 0 unspecified atom stereocenters. The summed E-state index contributed by atoms with van der Waals surface area (Å²) in [5.74, 6) is 0.687. The number of amides is 1. The van der Waals surface area contributed by atoms with Gasteiger partial charge in [-0.2, -0.15) is 5.10 Å². The lowest BCUT2D eigenvalue weighted by Gasteiger charge is -2.25. The van der Waals surface area contributed by atoms with Gasteiger partial charge in [-0.3, -0.25) is 4.79 Å². The molecular weight excluding hydrogens is 388 g/mol. The van der Waals surface area contributed by atoms with E-state index in [1.165, 1.54) is 16.0 Å². The van der Waals surface area contributed by atoms with Crippen LogP contribution in [0.4, 0.5) is 0 Å². The second-order valence-corrected chi connectivity index (χ2v) is 9.06. The molecule has 0 spiro atoms. The fraction of sp³-hybridized carbons (Fsp3) is 0.231. The van der Waals surface area contributed by atoms with E-state index >= 15 is 0 Å². The summed E-state index contributed by atoms with van der Waals surface area (Å²) in [6, 6.07) is 28.4. The van der Waals surface area contributed by atoms with Crippen LogP contribution < -0.4 is 5.43 Å². The minimum Gasteiger partial charge on any atom is -0.267 e. The highest BCUT2D eigenvalue weighted by Gasteiger charge is 2.21. The van der Waals surface area contributed by atoms with Crippen molar-refractivity contribution in [3.05, 3.63) is 102 Å². The summed E-state index contributed by atoms with van der Waals surface area (Å²) < 4.78 is 0. The van der Waals surface area contributed by atoms with E-state index in [9.17, 15) is 4.79 Å². The van der Waals surface area contributed by atoms with E-state index in [2.05, 4.69) is 48.6 Å². The third-order valence-electron chi connectivity index (χ3n) is 4.97. The minimum atomic E-state index is -0.186. The first-order valence-electron chi connectivity index (χ1n) is 10.1. The van der Waals surface area contributed by atoms with Crippen LogP contribution in [-0.4, -0.2) is 11.6 Å². The highest BCUT2D eigenvalue weighted by Crippen LogP contribution is 2.27. The second-order valence-electron chi connectivity index (χ2n) is 8.01. The quantitative estimate of drug-likeness (QED) is 0.260. The van der Waals surface area contributed by atoms with Crippen molar-refractivity contribution >= 4 is 23.4 Å². The normalized spacial score (nSPS) is 11.9. The zero-order chi connectivity index (χ0) is 21.4. The predicted molar refractivity (Wildman–Crippen MR) is 127 cm³/mol. The molecule has 154 valence electrons. The van der Waals surface area contributed by atoms with Crippen molar-refractivity contribution in [2.75, 3.05) is 0 Å². The van der Waals surface area contributed by atoms with Crippen LogP contribution in [0.25, 0.3) is 0 Å². The van der Waals surface area contributed by atoms with E-state index in [1.807, 2.05) is 67.6 Å². The zero-order valence-electron chi connectivity index (χ0n) is 17.8. The number of hydrogen-bond acceptors (Lipinski definition) is 3. The third kappa shape index (κ3) is 6.33. The maximum absolute atomic E-state index is 12.5. The average molecular weight is 417 g/mol. The van der Waals surface area contributed by atoms with Gasteiger partial charge in [-0.1, -0.05) is 74.5 Å². The molecule has 3 nitrogen and oxygen atoms in total. The van der Waals surface area contributed by atoms with E-state index in [4.69, 9.17) is 0 Å². The molecule has 0 radical (unpaired) electrons. The molecule has 0 aliphatic rings. The molecule has 30 heavy (non-hydrogen) atoms. The van der Waals surface area contributed by atoms with E-state index < -0.39 is 0 Å². The molecule has 0 fully saturated rings. The van der Waals surface area contributed by atoms with Gasteiger partial charge in [0.25, 0.3) is 5.91 Å². The fourth-order valence-corrected chi connectivity index (χ4v) is 4.19. The summed E-state index contributed by atoms with van der Waals surface area (Å²) in [4.78, 5) is 13.7. The first-order chi connectivity index (χ1) is 14.4. The van der Waals surface area contributed by atoms with Crippen molar-refractivity contribution in [1.29, 1.82) is 0 Å². The summed E-state index contributed by atoms with van der Waals surface area (Å²) >= 11 is 1.78. The summed E-state index contributed by atoms with van der Waals surface area (Å²) in [6.45, 7) is 6.33. The molecule has 0 heterocycles. The van der Waals surface area contributed by atoms with Gasteiger partial charge in [-0.15, -0.1) is 11.8 Å². The van der Waals surface area contributed by atoms with Gasteiger partial charge in [0, 0.05) is 21.9 Å². The lowest BCUT2D eigenvalue weighted by Crippen LogP contribution is -2.24. The molecule has 3 aromatic carbocycles. The standard InChI is InChI=1S/C26H28N2OS/c1-20(18-26(2,3)23-10-6-4-7-11-23)27-28-25(29)22-16-14-21(15-17-22)19-30-24-12-8-5-9-13-24/h4-17H,18-19H2,1-3H3,(H,28,29). The monoisotopic (exact) mass is 416 g/mol. The van der Waals surface area contributed by atoms with Crippen molar-refractivity contribution in [1.82, 2.24) is 5.43 Å². The Morgan fingerprint density at radius 3 is 2.13 bits per heavy atom. The van der Waals surface area contributed by atoms with E-state index in [0.29, 0.717) is 5.56 Å². The van der Waals surface area contributed by atoms with E-state index in [-0.39, 0.29) is 11.3 Å². The molecule has 0 atom stereocenters. The Kier molecular flexibility index (Phi) is 7.47. The summed E-state index contributed by atoms with van der Waals surface area (Å²) in [6.07, 6.45) is 0.771. The van der Waals surface area contributed by atoms with Gasteiger partial charge >= 0.3 is 0 Å². The molecular formula is C26H28N2OS. The van der Waals surface area contributed by atoms with Gasteiger partial charge in [0.2, 0.25) is 0 Å². The minimum absolute atomic E-state index is 0.0440. The molecule has 1 amide bonds. The molecule has 0 saturated carbocycles. The van der Waals surface area contributed by atoms with Crippen molar-refractivity contribution < 1.29 is 4.79 Å². The number of carbonyl (C=O) groups is 1. The van der Waals surface area contributed by atoms with Crippen LogP contribution in [-0.2, 0) is 11.2 Å². The van der Waals surface area contributed by atoms with E-state index in [0.717, 1.165) is 17.9 Å². The molecule has 0 aromatic heterocycles. The maximum Gasteiger partial charge on any atom is 0.271 e. The van der Waals surface area contributed by atoms with Gasteiger partial charge in [0.1, 0.15) is 0 Å². The summed E-state index contributed by atoms with van der Waals surface area (Å²) in [7, 11) is 0. The average Bonchev–Trinajstić information content (AvgIpc) is 2.77. The number of hydrogen-bond donors (Lipinski definition) is 1. The Hall–Kier alpha value is -2.85. The fourth-order valence-electron chi connectivity index (χ4n) is 3.32. The Balaban J connectivity index is 1.53. The number of thioether (sulfide) groups is 1.